The van der Waals surface area contributed by atoms with Crippen LogP contribution in [0.4, 0.5) is 11.5 Å². The first-order chi connectivity index (χ1) is 27.6. The van der Waals surface area contributed by atoms with E-state index in [0.29, 0.717) is 50.9 Å². The second-order valence-corrected chi connectivity index (χ2v) is 16.4. The van der Waals surface area contributed by atoms with Crippen LogP contribution in [0.25, 0.3) is 0 Å². The van der Waals surface area contributed by atoms with E-state index in [-0.39, 0.29) is 30.9 Å². The Morgan fingerprint density at radius 1 is 0.877 bits per heavy atom. The van der Waals surface area contributed by atoms with Crippen molar-refractivity contribution in [3.05, 3.63) is 75.9 Å². The van der Waals surface area contributed by atoms with Crippen molar-refractivity contribution in [3.8, 4) is 11.8 Å². The molecule has 0 radical (unpaired) electrons. The van der Waals surface area contributed by atoms with Crippen LogP contribution < -0.4 is 25.2 Å². The van der Waals surface area contributed by atoms with Gasteiger partial charge in [-0.25, -0.2) is 0 Å². The van der Waals surface area contributed by atoms with Gasteiger partial charge in [0.25, 0.3) is 17.7 Å². The summed E-state index contributed by atoms with van der Waals surface area (Å²) in [5, 5.41) is 23.5. The van der Waals surface area contributed by atoms with Gasteiger partial charge >= 0.3 is 0 Å². The highest BCUT2D eigenvalue weighted by atomic mass is 35.5. The number of carbonyl (C=O) groups is 5. The number of piperazine rings is 1. The second kappa shape index (κ2) is 15.1. The zero-order valence-electron chi connectivity index (χ0n) is 31.2. The van der Waals surface area contributed by atoms with Gasteiger partial charge in [0.1, 0.15) is 17.9 Å². The third-order valence-corrected chi connectivity index (χ3v) is 12.9. The van der Waals surface area contributed by atoms with Gasteiger partial charge in [-0.05, 0) is 92.3 Å². The predicted octanol–water partition coefficient (Wildman–Crippen LogP) is 3.03. The van der Waals surface area contributed by atoms with Crippen LogP contribution in [0.3, 0.4) is 0 Å². The molecular weight excluding hydrogens is 750 g/mol. The van der Waals surface area contributed by atoms with Crippen LogP contribution in [0.5, 0.6) is 5.75 Å². The lowest BCUT2D eigenvalue weighted by Gasteiger charge is -2.36. The Labute approximate surface area is 334 Å². The van der Waals surface area contributed by atoms with Gasteiger partial charge in [-0.2, -0.15) is 5.26 Å². The first-order valence-corrected chi connectivity index (χ1v) is 20.1. The van der Waals surface area contributed by atoms with Gasteiger partial charge in [0, 0.05) is 70.0 Å². The Morgan fingerprint density at radius 3 is 2.32 bits per heavy atom. The van der Waals surface area contributed by atoms with E-state index in [1.807, 2.05) is 12.1 Å². The number of rotatable bonds is 9. The van der Waals surface area contributed by atoms with Crippen molar-refractivity contribution in [2.75, 3.05) is 55.6 Å². The lowest BCUT2D eigenvalue weighted by molar-refractivity contribution is -0.136. The number of nitrogens with zero attached hydrogens (tertiary/aromatic N) is 7. The molecule has 9 rings (SSSR count). The Morgan fingerprint density at radius 2 is 1.63 bits per heavy atom. The van der Waals surface area contributed by atoms with Crippen molar-refractivity contribution in [3.63, 3.8) is 0 Å². The standard InChI is InChI=1S/C41H42ClN9O6/c42-33-18-27(5-1-23(33)19-43)57-26-6-2-24(3-7-26)44-38(53)34-9-11-36(47-46-34)50-21-31-30(32(31)22-50)20-48-13-15-49(16-14-48)25-4-8-28-29(17-25)41(56)51(40(28)55)35-10-12-37(52)45-39(35)54/h1,4-5,8-9,11,17-18,24,26,30-32,35H,2-3,6-7,10,12-16,20-22H2,(H,44,53)(H,45,52,54)/t24?,26?,30?,31-,32+,35?. The van der Waals surface area contributed by atoms with E-state index in [1.165, 1.54) is 0 Å². The number of hydrogen-bond donors (Lipinski definition) is 2. The molecular formula is C41H42ClN9O6. The Balaban J connectivity index is 0.702. The number of benzene rings is 2. The number of hydrogen-bond acceptors (Lipinski definition) is 12. The zero-order valence-corrected chi connectivity index (χ0v) is 32.0. The molecule has 2 N–H and O–H groups in total. The minimum atomic E-state index is -0.975. The highest BCUT2D eigenvalue weighted by molar-refractivity contribution is 6.31. The van der Waals surface area contributed by atoms with Crippen molar-refractivity contribution in [1.29, 1.82) is 5.26 Å². The van der Waals surface area contributed by atoms with Crippen LogP contribution in [0, 0.1) is 29.1 Å². The lowest BCUT2D eigenvalue weighted by atomic mass is 9.93. The van der Waals surface area contributed by atoms with Gasteiger partial charge in [0.05, 0.1) is 27.8 Å². The number of anilines is 2. The fourth-order valence-corrected chi connectivity index (χ4v) is 9.51. The van der Waals surface area contributed by atoms with Gasteiger partial charge in [-0.1, -0.05) is 11.6 Å². The summed E-state index contributed by atoms with van der Waals surface area (Å²) < 4.78 is 6.08. The number of nitriles is 1. The predicted molar refractivity (Wildman–Crippen MR) is 207 cm³/mol. The molecule has 3 saturated heterocycles. The summed E-state index contributed by atoms with van der Waals surface area (Å²) >= 11 is 6.14. The number of piperidine rings is 2. The maximum absolute atomic E-state index is 13.3. The van der Waals surface area contributed by atoms with Gasteiger partial charge in [0.2, 0.25) is 11.8 Å². The van der Waals surface area contributed by atoms with E-state index in [0.717, 1.165) is 87.9 Å². The van der Waals surface area contributed by atoms with E-state index >= 15 is 0 Å². The summed E-state index contributed by atoms with van der Waals surface area (Å²) in [5.41, 5.74) is 2.19. The Kier molecular flexibility index (Phi) is 9.78. The fourth-order valence-electron chi connectivity index (χ4n) is 9.30. The van der Waals surface area contributed by atoms with Crippen molar-refractivity contribution in [1.82, 2.24) is 30.6 Å². The number of fused-ring (bicyclic) bond motifs is 2. The first-order valence-electron chi connectivity index (χ1n) is 19.7. The van der Waals surface area contributed by atoms with Crippen molar-refractivity contribution in [2.45, 2.75) is 56.7 Å². The van der Waals surface area contributed by atoms with E-state index in [4.69, 9.17) is 21.6 Å². The second-order valence-electron chi connectivity index (χ2n) is 16.0. The Bertz CT molecular complexity index is 2170. The average Bonchev–Trinajstić information content (AvgIpc) is 3.51. The highest BCUT2D eigenvalue weighted by Gasteiger charge is 2.56. The van der Waals surface area contributed by atoms with Gasteiger partial charge in [0.15, 0.2) is 11.5 Å². The van der Waals surface area contributed by atoms with Crippen LogP contribution >= 0.6 is 11.6 Å². The summed E-state index contributed by atoms with van der Waals surface area (Å²) in [6, 6.07) is 15.2. The maximum atomic E-state index is 13.3. The molecule has 0 spiro atoms. The van der Waals surface area contributed by atoms with Crippen molar-refractivity contribution < 1.29 is 28.7 Å². The average molecular weight is 792 g/mol. The number of carbonyl (C=O) groups excluding carboxylic acids is 5. The van der Waals surface area contributed by atoms with E-state index in [1.54, 1.807) is 36.4 Å². The molecule has 4 aliphatic heterocycles. The smallest absolute Gasteiger partial charge is 0.272 e. The molecule has 2 saturated carbocycles. The van der Waals surface area contributed by atoms with Crippen molar-refractivity contribution >= 4 is 52.6 Å². The molecule has 5 amide bonds. The molecule has 15 nitrogen and oxygen atoms in total. The molecule has 5 fully saturated rings. The third-order valence-electron chi connectivity index (χ3n) is 12.6. The SMILES string of the molecule is N#Cc1ccc(OC2CCC(NC(=O)c3ccc(N4C[C@@H]5C(CN6CCN(c7ccc8c(c7)C(=O)N(C7CCC(=O)NC7=O)C8=O)CC6)[C@@H]5C4)nn3)CC2)cc1Cl. The number of imide groups is 2. The fraction of sp³-hybridized carbons (Fsp3) is 0.463. The molecule has 2 unspecified atom stereocenters. The highest BCUT2D eigenvalue weighted by Crippen LogP contribution is 2.52. The number of nitrogens with one attached hydrogen (secondary N) is 2. The molecule has 1 aromatic heterocycles. The first kappa shape index (κ1) is 37.0. The topological polar surface area (TPSA) is 181 Å². The maximum Gasteiger partial charge on any atom is 0.272 e. The largest absolute Gasteiger partial charge is 0.490 e. The van der Waals surface area contributed by atoms with Crippen LogP contribution in [0.15, 0.2) is 48.5 Å². The van der Waals surface area contributed by atoms with Gasteiger partial charge in [-0.3, -0.25) is 39.1 Å². The number of aromatic nitrogens is 2. The van der Waals surface area contributed by atoms with Gasteiger partial charge < -0.3 is 19.9 Å². The summed E-state index contributed by atoms with van der Waals surface area (Å²) in [5.74, 6) is 1.07. The van der Waals surface area contributed by atoms with Crippen LogP contribution in [-0.2, 0) is 9.59 Å². The van der Waals surface area contributed by atoms with Gasteiger partial charge in [-0.15, -0.1) is 10.2 Å². The molecule has 16 heteroatoms. The molecule has 4 atom stereocenters. The minimum Gasteiger partial charge on any atom is -0.490 e. The Hall–Kier alpha value is -5.59. The molecule has 5 heterocycles. The molecule has 57 heavy (non-hydrogen) atoms. The monoisotopic (exact) mass is 791 g/mol. The lowest BCUT2D eigenvalue weighted by Crippen LogP contribution is -2.54. The van der Waals surface area contributed by atoms with E-state index < -0.39 is 29.7 Å². The molecule has 0 bridgehead atoms. The summed E-state index contributed by atoms with van der Waals surface area (Å²) in [4.78, 5) is 71.5. The summed E-state index contributed by atoms with van der Waals surface area (Å²) in [7, 11) is 0. The number of halogens is 1. The molecule has 294 valence electrons. The molecule has 2 aliphatic carbocycles. The molecule has 3 aromatic rings. The molecule has 6 aliphatic rings. The summed E-state index contributed by atoms with van der Waals surface area (Å²) in [6.45, 7) is 6.27. The number of amides is 5. The normalized spacial score (nSPS) is 27.1. The quantitative estimate of drug-likeness (QED) is 0.303. The molecule has 2 aromatic carbocycles. The van der Waals surface area contributed by atoms with Crippen LogP contribution in [-0.4, -0.2) is 114 Å². The zero-order chi connectivity index (χ0) is 39.4. The van der Waals surface area contributed by atoms with Crippen LogP contribution in [0.2, 0.25) is 5.02 Å². The number of ether oxygens (including phenoxy) is 1. The van der Waals surface area contributed by atoms with E-state index in [2.05, 4.69) is 41.6 Å². The third kappa shape index (κ3) is 7.28. The summed E-state index contributed by atoms with van der Waals surface area (Å²) in [6.07, 6.45) is 3.40. The van der Waals surface area contributed by atoms with Crippen LogP contribution in [0.1, 0.15) is 75.3 Å². The van der Waals surface area contributed by atoms with Crippen molar-refractivity contribution in [2.24, 2.45) is 17.8 Å². The van der Waals surface area contributed by atoms with E-state index in [9.17, 15) is 24.0 Å². The minimum absolute atomic E-state index is 0.0203.